The lowest BCUT2D eigenvalue weighted by atomic mass is 9.40. The highest BCUT2D eigenvalue weighted by atomic mass is 16.6. The molecule has 0 aromatic rings. The van der Waals surface area contributed by atoms with Gasteiger partial charge in [-0.2, -0.15) is 0 Å². The van der Waals surface area contributed by atoms with Gasteiger partial charge in [0.2, 0.25) is 0 Å². The van der Waals surface area contributed by atoms with Crippen LogP contribution in [0.1, 0.15) is 73.6 Å². The van der Waals surface area contributed by atoms with Crippen molar-refractivity contribution in [2.45, 2.75) is 85.4 Å². The molecule has 3 fully saturated rings. The van der Waals surface area contributed by atoms with Crippen molar-refractivity contribution in [3.63, 3.8) is 0 Å². The fourth-order valence-corrected chi connectivity index (χ4v) is 9.09. The molecule has 2 saturated carbocycles. The topological polar surface area (TPSA) is 78.9 Å². The van der Waals surface area contributed by atoms with E-state index in [0.29, 0.717) is 25.4 Å². The Hall–Kier alpha value is -2.11. The second-order valence-corrected chi connectivity index (χ2v) is 12.5. The van der Waals surface area contributed by atoms with E-state index in [9.17, 15) is 14.4 Å². The fourth-order valence-electron chi connectivity index (χ4n) is 9.09. The molecule has 8 unspecified atom stereocenters. The molecule has 0 aromatic heterocycles. The van der Waals surface area contributed by atoms with Crippen LogP contribution in [0, 0.1) is 39.9 Å². The maximum absolute atomic E-state index is 12.5. The van der Waals surface area contributed by atoms with Gasteiger partial charge in [-0.05, 0) is 62.2 Å². The zero-order valence-corrected chi connectivity index (χ0v) is 21.3. The van der Waals surface area contributed by atoms with Crippen molar-refractivity contribution >= 4 is 17.9 Å². The number of fused-ring (bicyclic) bond motifs is 5. The first kappa shape index (κ1) is 23.6. The van der Waals surface area contributed by atoms with Crippen molar-refractivity contribution in [2.75, 3.05) is 6.61 Å². The fraction of sp³-hybridized carbons (Fsp3) is 0.750. The molecular formula is C28H38O6. The average molecular weight is 471 g/mol. The average Bonchev–Trinajstić information content (AvgIpc) is 3.28. The van der Waals surface area contributed by atoms with E-state index in [1.54, 1.807) is 6.08 Å². The Morgan fingerprint density at radius 2 is 1.85 bits per heavy atom. The zero-order valence-electron chi connectivity index (χ0n) is 21.3. The van der Waals surface area contributed by atoms with Crippen LogP contribution in [0.3, 0.4) is 0 Å². The minimum atomic E-state index is -0.677. The van der Waals surface area contributed by atoms with Crippen LogP contribution in [0.2, 0.25) is 0 Å². The first-order valence-corrected chi connectivity index (χ1v) is 12.8. The van der Waals surface area contributed by atoms with Gasteiger partial charge >= 0.3 is 17.9 Å². The van der Waals surface area contributed by atoms with E-state index < -0.39 is 5.60 Å². The van der Waals surface area contributed by atoms with Crippen molar-refractivity contribution in [3.05, 3.63) is 23.8 Å². The van der Waals surface area contributed by atoms with Crippen molar-refractivity contribution in [3.8, 4) is 0 Å². The number of cyclic esters (lactones) is 2. The monoisotopic (exact) mass is 470 g/mol. The Balaban J connectivity index is 1.60. The summed E-state index contributed by atoms with van der Waals surface area (Å²) in [7, 11) is 0. The third-order valence-corrected chi connectivity index (χ3v) is 10.4. The quantitative estimate of drug-likeness (QED) is 0.329. The highest BCUT2D eigenvalue weighted by Crippen LogP contribution is 2.71. The lowest BCUT2D eigenvalue weighted by molar-refractivity contribution is -0.201. The minimum Gasteiger partial charge on any atom is -0.465 e. The molecular weight excluding hydrogens is 432 g/mol. The number of ether oxygens (including phenoxy) is 3. The molecule has 6 nitrogen and oxygen atoms in total. The molecule has 34 heavy (non-hydrogen) atoms. The molecule has 3 aliphatic carbocycles. The molecule has 0 N–H and O–H groups in total. The summed E-state index contributed by atoms with van der Waals surface area (Å²) in [6, 6.07) is 0. The number of hydrogen-bond donors (Lipinski definition) is 0. The van der Waals surface area contributed by atoms with Crippen LogP contribution in [-0.4, -0.2) is 36.2 Å². The van der Waals surface area contributed by atoms with E-state index in [4.69, 9.17) is 14.2 Å². The Labute approximate surface area is 202 Å². The van der Waals surface area contributed by atoms with Gasteiger partial charge in [0.05, 0.1) is 13.0 Å². The predicted octanol–water partition coefficient (Wildman–Crippen LogP) is 4.77. The van der Waals surface area contributed by atoms with Gasteiger partial charge in [0.1, 0.15) is 11.7 Å². The number of carbonyl (C=O) groups excluding carboxylic acids is 3. The van der Waals surface area contributed by atoms with E-state index >= 15 is 0 Å². The van der Waals surface area contributed by atoms with Gasteiger partial charge < -0.3 is 14.2 Å². The Morgan fingerprint density at radius 3 is 2.50 bits per heavy atom. The van der Waals surface area contributed by atoms with Crippen LogP contribution in [0.25, 0.3) is 0 Å². The van der Waals surface area contributed by atoms with E-state index in [2.05, 4.69) is 32.9 Å². The number of esters is 3. The van der Waals surface area contributed by atoms with Gasteiger partial charge in [0.25, 0.3) is 0 Å². The summed E-state index contributed by atoms with van der Waals surface area (Å²) in [5.74, 6) is 0.112. The number of hydrogen-bond acceptors (Lipinski definition) is 6. The zero-order chi connectivity index (χ0) is 24.7. The number of allylic oxidation sites excluding steroid dienone is 2. The lowest BCUT2D eigenvalue weighted by Gasteiger charge is -2.65. The van der Waals surface area contributed by atoms with E-state index in [-0.39, 0.29) is 58.0 Å². The van der Waals surface area contributed by atoms with E-state index in [1.165, 1.54) is 12.5 Å². The second kappa shape index (κ2) is 7.44. The standard InChI is InChI=1S/C28H38O6/c1-16(29)33-22-14-21-25(2,3)34-23(30)10-12-27(21,5)20-9-11-26(4)18(17-13-24(31)32-15-17)7-8-19(26)28(20,22)6/h8,10,12,17-18,20-22H,7,9,11,13-15H2,1-6H3. The smallest absolute Gasteiger partial charge is 0.330 e. The van der Waals surface area contributed by atoms with Gasteiger partial charge in [0.15, 0.2) is 0 Å². The summed E-state index contributed by atoms with van der Waals surface area (Å²) >= 11 is 0. The molecule has 2 heterocycles. The Morgan fingerprint density at radius 1 is 1.12 bits per heavy atom. The van der Waals surface area contributed by atoms with Crippen LogP contribution >= 0.6 is 0 Å². The number of rotatable bonds is 2. The van der Waals surface area contributed by atoms with E-state index in [1.807, 2.05) is 13.8 Å². The molecule has 5 aliphatic rings. The van der Waals surface area contributed by atoms with Crippen LogP contribution in [0.15, 0.2) is 23.8 Å². The largest absolute Gasteiger partial charge is 0.465 e. The molecule has 1 saturated heterocycles. The number of carbonyl (C=O) groups is 3. The molecule has 186 valence electrons. The summed E-state index contributed by atoms with van der Waals surface area (Å²) in [5, 5.41) is 0. The third kappa shape index (κ3) is 3.16. The molecule has 5 rings (SSSR count). The van der Waals surface area contributed by atoms with Crippen molar-refractivity contribution < 1.29 is 28.6 Å². The summed E-state index contributed by atoms with van der Waals surface area (Å²) in [4.78, 5) is 36.7. The van der Waals surface area contributed by atoms with Gasteiger partial charge in [-0.15, -0.1) is 0 Å². The first-order valence-electron chi connectivity index (χ1n) is 12.8. The SMILES string of the molecule is CC(=O)OC1CC2C(C)(C)OC(=O)C=CC2(C)C2CCC3(C)C(=CCC3C3COC(=O)C3)C12C. The summed E-state index contributed by atoms with van der Waals surface area (Å²) < 4.78 is 17.4. The molecule has 2 aliphatic heterocycles. The molecule has 0 amide bonds. The van der Waals surface area contributed by atoms with Crippen LogP contribution in [0.5, 0.6) is 0 Å². The van der Waals surface area contributed by atoms with Crippen LogP contribution < -0.4 is 0 Å². The molecule has 8 atom stereocenters. The highest BCUT2D eigenvalue weighted by Gasteiger charge is 2.68. The minimum absolute atomic E-state index is 0.0214. The van der Waals surface area contributed by atoms with Gasteiger partial charge in [-0.1, -0.05) is 38.5 Å². The molecule has 0 aromatic carbocycles. The van der Waals surface area contributed by atoms with Gasteiger partial charge in [-0.25, -0.2) is 4.79 Å². The van der Waals surface area contributed by atoms with Crippen LogP contribution in [0.4, 0.5) is 0 Å². The molecule has 0 spiro atoms. The van der Waals surface area contributed by atoms with E-state index in [0.717, 1.165) is 19.3 Å². The maximum Gasteiger partial charge on any atom is 0.330 e. The summed E-state index contributed by atoms with van der Waals surface area (Å²) in [6.45, 7) is 12.9. The second-order valence-electron chi connectivity index (χ2n) is 12.5. The van der Waals surface area contributed by atoms with Crippen LogP contribution in [-0.2, 0) is 28.6 Å². The van der Waals surface area contributed by atoms with Crippen molar-refractivity contribution in [2.24, 2.45) is 39.9 Å². The predicted molar refractivity (Wildman–Crippen MR) is 125 cm³/mol. The summed E-state index contributed by atoms with van der Waals surface area (Å²) in [5.41, 5.74) is -0.0238. The molecule has 6 heteroatoms. The van der Waals surface area contributed by atoms with Gasteiger partial charge in [-0.3, -0.25) is 9.59 Å². The molecule has 0 radical (unpaired) electrons. The van der Waals surface area contributed by atoms with Gasteiger partial charge in [0, 0.05) is 30.3 Å². The van der Waals surface area contributed by atoms with Crippen molar-refractivity contribution in [1.82, 2.24) is 0 Å². The maximum atomic E-state index is 12.5. The van der Waals surface area contributed by atoms with Crippen molar-refractivity contribution in [1.29, 1.82) is 0 Å². The molecule has 0 bridgehead atoms. The highest BCUT2D eigenvalue weighted by molar-refractivity contribution is 5.83. The lowest BCUT2D eigenvalue weighted by Crippen LogP contribution is -2.63. The Bertz CT molecular complexity index is 993. The normalized spacial score (nSPS) is 46.9. The Kier molecular flexibility index (Phi) is 5.17. The third-order valence-electron chi connectivity index (χ3n) is 10.4. The summed E-state index contributed by atoms with van der Waals surface area (Å²) in [6.07, 6.45) is 9.79. The first-order chi connectivity index (χ1) is 15.8.